The number of hydrogen-bond acceptors (Lipinski definition) is 4. The minimum atomic E-state index is -1.31. The number of aromatic hydroxyl groups is 1. The van der Waals surface area contributed by atoms with Gasteiger partial charge in [-0.1, -0.05) is 16.8 Å². The lowest BCUT2D eigenvalue weighted by Crippen LogP contribution is -1.91. The smallest absolute Gasteiger partial charge is 0.374 e. The molecule has 1 aromatic carbocycles. The highest BCUT2D eigenvalue weighted by Crippen LogP contribution is 2.35. The Bertz CT molecular complexity index is 596. The van der Waals surface area contributed by atoms with E-state index < -0.39 is 23.3 Å². The van der Waals surface area contributed by atoms with Crippen molar-refractivity contribution in [3.63, 3.8) is 0 Å². The molecule has 0 bridgehead atoms. The first kappa shape index (κ1) is 11.4. The normalized spacial score (nSPS) is 10.5. The fourth-order valence-corrected chi connectivity index (χ4v) is 1.47. The van der Waals surface area contributed by atoms with Crippen molar-refractivity contribution < 1.29 is 23.9 Å². The van der Waals surface area contributed by atoms with Gasteiger partial charge in [-0.25, -0.2) is 9.18 Å². The van der Waals surface area contributed by atoms with Gasteiger partial charge in [0.1, 0.15) is 17.3 Å². The first-order chi connectivity index (χ1) is 7.99. The highest BCUT2D eigenvalue weighted by Gasteiger charge is 2.17. The fourth-order valence-electron chi connectivity index (χ4n) is 1.26. The van der Waals surface area contributed by atoms with Gasteiger partial charge in [0.15, 0.2) is 0 Å². The maximum Gasteiger partial charge on any atom is 0.374 e. The topological polar surface area (TPSA) is 83.6 Å². The summed E-state index contributed by atoms with van der Waals surface area (Å²) in [6, 6.07) is 2.97. The van der Waals surface area contributed by atoms with Crippen molar-refractivity contribution in [3.05, 3.63) is 34.8 Å². The zero-order valence-electron chi connectivity index (χ0n) is 8.15. The second kappa shape index (κ2) is 4.06. The molecule has 0 spiro atoms. The van der Waals surface area contributed by atoms with Gasteiger partial charge in [-0.15, -0.1) is 0 Å². The van der Waals surface area contributed by atoms with Crippen molar-refractivity contribution >= 4 is 17.6 Å². The third kappa shape index (κ3) is 2.07. The molecule has 0 radical (unpaired) electrons. The molecule has 17 heavy (non-hydrogen) atoms. The van der Waals surface area contributed by atoms with Crippen LogP contribution in [0, 0.1) is 5.82 Å². The summed E-state index contributed by atoms with van der Waals surface area (Å²) >= 11 is 5.57. The van der Waals surface area contributed by atoms with Gasteiger partial charge in [0, 0.05) is 11.6 Å². The molecule has 0 aliphatic heterocycles. The van der Waals surface area contributed by atoms with Crippen LogP contribution in [0.5, 0.6) is 5.75 Å². The van der Waals surface area contributed by atoms with E-state index in [2.05, 4.69) is 9.68 Å². The van der Waals surface area contributed by atoms with Crippen molar-refractivity contribution in [1.29, 1.82) is 0 Å². The van der Waals surface area contributed by atoms with E-state index in [0.29, 0.717) is 0 Å². The molecule has 1 aromatic heterocycles. The van der Waals surface area contributed by atoms with Crippen molar-refractivity contribution in [3.8, 4) is 17.0 Å². The first-order valence-corrected chi connectivity index (χ1v) is 4.75. The molecule has 0 atom stereocenters. The number of halogens is 2. The monoisotopic (exact) mass is 257 g/mol. The second-order valence-electron chi connectivity index (χ2n) is 3.17. The molecular weight excluding hydrogens is 253 g/mol. The van der Waals surface area contributed by atoms with E-state index in [1.807, 2.05) is 0 Å². The van der Waals surface area contributed by atoms with Crippen LogP contribution in [0.4, 0.5) is 4.39 Å². The van der Waals surface area contributed by atoms with Crippen LogP contribution in [0.1, 0.15) is 10.6 Å². The SMILES string of the molecule is O=C(O)c1cc(-c2cc(F)cc(Cl)c2O)no1. The predicted molar refractivity (Wildman–Crippen MR) is 55.5 cm³/mol. The number of hydrogen-bond donors (Lipinski definition) is 2. The van der Waals surface area contributed by atoms with Crippen LogP contribution in [-0.2, 0) is 0 Å². The maximum absolute atomic E-state index is 13.1. The van der Waals surface area contributed by atoms with E-state index in [0.717, 1.165) is 18.2 Å². The molecule has 0 amide bonds. The largest absolute Gasteiger partial charge is 0.506 e. The third-order valence-corrected chi connectivity index (χ3v) is 2.31. The molecular formula is C10H5ClFNO4. The van der Waals surface area contributed by atoms with Crippen molar-refractivity contribution in [2.75, 3.05) is 0 Å². The molecule has 0 fully saturated rings. The van der Waals surface area contributed by atoms with Crippen molar-refractivity contribution in [1.82, 2.24) is 5.16 Å². The van der Waals surface area contributed by atoms with Gasteiger partial charge in [-0.05, 0) is 12.1 Å². The zero-order chi connectivity index (χ0) is 12.6. The standard InChI is InChI=1S/C10H5ClFNO4/c11-6-2-4(12)1-5(9(6)14)7-3-8(10(15)16)17-13-7/h1-3,14H,(H,15,16). The number of benzene rings is 1. The number of nitrogens with zero attached hydrogens (tertiary/aromatic N) is 1. The van der Waals surface area contributed by atoms with E-state index in [4.69, 9.17) is 16.7 Å². The molecule has 0 saturated heterocycles. The highest BCUT2D eigenvalue weighted by molar-refractivity contribution is 6.32. The van der Waals surface area contributed by atoms with Gasteiger partial charge in [0.05, 0.1) is 5.02 Å². The number of carboxylic acids is 1. The second-order valence-corrected chi connectivity index (χ2v) is 3.57. The lowest BCUT2D eigenvalue weighted by molar-refractivity contribution is 0.0652. The molecule has 88 valence electrons. The molecule has 5 nitrogen and oxygen atoms in total. The van der Waals surface area contributed by atoms with Crippen LogP contribution in [0.15, 0.2) is 22.7 Å². The number of carbonyl (C=O) groups is 1. The quantitative estimate of drug-likeness (QED) is 0.864. The van der Waals surface area contributed by atoms with E-state index in [1.165, 1.54) is 0 Å². The van der Waals surface area contributed by atoms with Gasteiger partial charge >= 0.3 is 5.97 Å². The number of rotatable bonds is 2. The van der Waals surface area contributed by atoms with Gasteiger partial charge in [-0.2, -0.15) is 0 Å². The Kier molecular flexibility index (Phi) is 2.72. The van der Waals surface area contributed by atoms with Crippen LogP contribution in [0.3, 0.4) is 0 Å². The Hall–Kier alpha value is -2.08. The summed E-state index contributed by atoms with van der Waals surface area (Å²) in [7, 11) is 0. The molecule has 2 N–H and O–H groups in total. The number of phenols is 1. The Morgan fingerprint density at radius 3 is 2.71 bits per heavy atom. The van der Waals surface area contributed by atoms with Crippen molar-refractivity contribution in [2.24, 2.45) is 0 Å². The van der Waals surface area contributed by atoms with E-state index in [-0.39, 0.29) is 16.3 Å². The van der Waals surface area contributed by atoms with Gasteiger partial charge in [0.2, 0.25) is 5.76 Å². The summed E-state index contributed by atoms with van der Waals surface area (Å²) in [5.74, 6) is -2.80. The van der Waals surface area contributed by atoms with Crippen LogP contribution in [0.25, 0.3) is 11.3 Å². The summed E-state index contributed by atoms with van der Waals surface area (Å²) in [5.41, 5.74) is -0.0486. The summed E-state index contributed by atoms with van der Waals surface area (Å²) in [4.78, 5) is 10.6. The summed E-state index contributed by atoms with van der Waals surface area (Å²) in [6.45, 7) is 0. The Balaban J connectivity index is 2.56. The van der Waals surface area contributed by atoms with E-state index in [9.17, 15) is 14.3 Å². The van der Waals surface area contributed by atoms with Crippen LogP contribution < -0.4 is 0 Å². The molecule has 0 aliphatic carbocycles. The zero-order valence-corrected chi connectivity index (χ0v) is 8.90. The molecule has 0 saturated carbocycles. The van der Waals surface area contributed by atoms with Gasteiger partial charge in [0.25, 0.3) is 0 Å². The molecule has 0 unspecified atom stereocenters. The average Bonchev–Trinajstić information content (AvgIpc) is 2.72. The van der Waals surface area contributed by atoms with Gasteiger partial charge in [-0.3, -0.25) is 0 Å². The molecule has 2 aromatic rings. The number of carboxylic acid groups (broad SMARTS) is 1. The van der Waals surface area contributed by atoms with Crippen LogP contribution in [0.2, 0.25) is 5.02 Å². The third-order valence-electron chi connectivity index (χ3n) is 2.03. The first-order valence-electron chi connectivity index (χ1n) is 4.37. The number of aromatic carboxylic acids is 1. The minimum absolute atomic E-state index is 0.0127. The maximum atomic E-state index is 13.1. The fraction of sp³-hybridized carbons (Fsp3) is 0. The van der Waals surface area contributed by atoms with E-state index >= 15 is 0 Å². The molecule has 2 rings (SSSR count). The summed E-state index contributed by atoms with van der Waals surface area (Å²) < 4.78 is 17.6. The van der Waals surface area contributed by atoms with Crippen molar-refractivity contribution in [2.45, 2.75) is 0 Å². The van der Waals surface area contributed by atoms with Crippen LogP contribution >= 0.6 is 11.6 Å². The Labute approximate surface area is 99.0 Å². The molecule has 7 heteroatoms. The average molecular weight is 258 g/mol. The highest BCUT2D eigenvalue weighted by atomic mass is 35.5. The van der Waals surface area contributed by atoms with Gasteiger partial charge < -0.3 is 14.7 Å². The predicted octanol–water partition coefficient (Wildman–Crippen LogP) is 2.54. The van der Waals surface area contributed by atoms with E-state index in [1.54, 1.807) is 0 Å². The molecule has 1 heterocycles. The Morgan fingerprint density at radius 1 is 1.41 bits per heavy atom. The summed E-state index contributed by atoms with van der Waals surface area (Å²) in [6.07, 6.45) is 0. The number of phenolic OH excluding ortho intramolecular Hbond substituents is 1. The Morgan fingerprint density at radius 2 is 2.12 bits per heavy atom. The molecule has 0 aliphatic rings. The lowest BCUT2D eigenvalue weighted by Gasteiger charge is -2.02. The summed E-state index contributed by atoms with van der Waals surface area (Å²) in [5, 5.41) is 21.4. The lowest BCUT2D eigenvalue weighted by atomic mass is 10.1. The minimum Gasteiger partial charge on any atom is -0.506 e. The van der Waals surface area contributed by atoms with Crippen LogP contribution in [-0.4, -0.2) is 21.3 Å². The number of aromatic nitrogens is 1.